The highest BCUT2D eigenvalue weighted by molar-refractivity contribution is 7.08. The maximum atomic E-state index is 5.77. The largest absolute Gasteiger partial charge is 0.367 e. The Hall–Kier alpha value is -1.29. The van der Waals surface area contributed by atoms with E-state index in [1.165, 1.54) is 5.56 Å². The Balaban J connectivity index is 2.59. The molecule has 0 unspecified atom stereocenters. The minimum Gasteiger partial charge on any atom is -0.367 e. The highest BCUT2D eigenvalue weighted by atomic mass is 32.1. The molecule has 0 saturated carbocycles. The maximum Gasteiger partial charge on any atom is 0.226 e. The predicted molar refractivity (Wildman–Crippen MR) is 63.1 cm³/mol. The van der Waals surface area contributed by atoms with Gasteiger partial charge in [0.05, 0.1) is 0 Å². The normalized spacial score (nSPS) is 11.2. The molecule has 0 radical (unpaired) electrons. The monoisotopic (exact) mass is 222 g/mol. The van der Waals surface area contributed by atoms with E-state index in [9.17, 15) is 0 Å². The van der Waals surface area contributed by atoms with E-state index >= 15 is 0 Å². The molecule has 2 N–H and O–H groups in total. The molecule has 2 rings (SSSR count). The van der Waals surface area contributed by atoms with Gasteiger partial charge in [0.25, 0.3) is 0 Å². The second-order valence-corrected chi connectivity index (χ2v) is 4.68. The second-order valence-electron chi connectivity index (χ2n) is 3.93. The fourth-order valence-corrected chi connectivity index (χ4v) is 2.50. The molecule has 0 amide bonds. The van der Waals surface area contributed by atoms with Crippen LogP contribution in [0.5, 0.6) is 0 Å². The number of aryl methyl sites for hydroxylation is 1. The average molecular weight is 222 g/mol. The van der Waals surface area contributed by atoms with Gasteiger partial charge in [-0.05, 0) is 23.8 Å². The zero-order valence-electron chi connectivity index (χ0n) is 9.07. The van der Waals surface area contributed by atoms with Crippen molar-refractivity contribution in [1.29, 1.82) is 0 Å². The predicted octanol–water partition coefficient (Wildman–Crippen LogP) is 3.42. The second kappa shape index (κ2) is 3.70. The van der Waals surface area contributed by atoms with Crippen LogP contribution in [0.3, 0.4) is 0 Å². The molecule has 0 aliphatic heterocycles. The van der Waals surface area contributed by atoms with E-state index in [0.29, 0.717) is 11.8 Å². The summed E-state index contributed by atoms with van der Waals surface area (Å²) in [6, 6.07) is 0. The van der Waals surface area contributed by atoms with Crippen LogP contribution >= 0.6 is 11.3 Å². The first kappa shape index (κ1) is 10.2. The molecular weight excluding hydrogens is 208 g/mol. The molecule has 2 aromatic heterocycles. The number of nitrogens with two attached hydrogens (primary N) is 1. The van der Waals surface area contributed by atoms with Crippen molar-refractivity contribution in [2.45, 2.75) is 26.7 Å². The number of aromatic nitrogens is 1. The van der Waals surface area contributed by atoms with Crippen LogP contribution in [0.1, 0.15) is 30.9 Å². The SMILES string of the molecule is Cc1cscc1-c1noc(N)c1C(C)C. The Morgan fingerprint density at radius 1 is 1.40 bits per heavy atom. The molecule has 0 spiro atoms. The summed E-state index contributed by atoms with van der Waals surface area (Å²) < 4.78 is 5.07. The van der Waals surface area contributed by atoms with Gasteiger partial charge in [-0.25, -0.2) is 0 Å². The molecule has 2 aromatic rings. The van der Waals surface area contributed by atoms with Gasteiger partial charge in [-0.3, -0.25) is 0 Å². The van der Waals surface area contributed by atoms with Crippen LogP contribution in [-0.4, -0.2) is 5.16 Å². The van der Waals surface area contributed by atoms with Crippen molar-refractivity contribution in [3.8, 4) is 11.3 Å². The first-order valence-corrected chi connectivity index (χ1v) is 5.83. The van der Waals surface area contributed by atoms with Crippen LogP contribution in [0.15, 0.2) is 15.3 Å². The average Bonchev–Trinajstić information content (AvgIpc) is 2.71. The molecule has 0 fully saturated rings. The Kier molecular flexibility index (Phi) is 2.52. The molecule has 2 heterocycles. The summed E-state index contributed by atoms with van der Waals surface area (Å²) in [7, 11) is 0. The number of nitrogens with zero attached hydrogens (tertiary/aromatic N) is 1. The summed E-state index contributed by atoms with van der Waals surface area (Å²) in [5.74, 6) is 0.760. The van der Waals surface area contributed by atoms with Crippen molar-refractivity contribution in [3.63, 3.8) is 0 Å². The van der Waals surface area contributed by atoms with Crippen molar-refractivity contribution in [2.24, 2.45) is 0 Å². The number of hydrogen-bond donors (Lipinski definition) is 1. The molecule has 80 valence electrons. The Morgan fingerprint density at radius 2 is 2.13 bits per heavy atom. The third kappa shape index (κ3) is 1.65. The molecule has 0 aliphatic rings. The third-order valence-electron chi connectivity index (χ3n) is 2.44. The van der Waals surface area contributed by atoms with E-state index in [1.807, 2.05) is 0 Å². The summed E-state index contributed by atoms with van der Waals surface area (Å²) in [5, 5.41) is 8.23. The Morgan fingerprint density at radius 3 is 2.67 bits per heavy atom. The molecule has 0 aromatic carbocycles. The quantitative estimate of drug-likeness (QED) is 0.847. The van der Waals surface area contributed by atoms with Crippen molar-refractivity contribution in [1.82, 2.24) is 5.16 Å². The highest BCUT2D eigenvalue weighted by Crippen LogP contribution is 2.35. The van der Waals surface area contributed by atoms with Gasteiger partial charge in [0.15, 0.2) is 0 Å². The van der Waals surface area contributed by atoms with Crippen molar-refractivity contribution < 1.29 is 4.52 Å². The van der Waals surface area contributed by atoms with Gasteiger partial charge < -0.3 is 10.3 Å². The number of hydrogen-bond acceptors (Lipinski definition) is 4. The molecule has 0 bridgehead atoms. The van der Waals surface area contributed by atoms with Gasteiger partial charge >= 0.3 is 0 Å². The molecule has 0 saturated heterocycles. The lowest BCUT2D eigenvalue weighted by atomic mass is 9.99. The standard InChI is InChI=1S/C11H14N2OS/c1-6(2)9-10(13-14-11(9)12)8-5-15-4-7(8)3/h4-6H,12H2,1-3H3. The van der Waals surface area contributed by atoms with Gasteiger partial charge in [-0.1, -0.05) is 19.0 Å². The van der Waals surface area contributed by atoms with Crippen molar-refractivity contribution in [2.75, 3.05) is 5.73 Å². The van der Waals surface area contributed by atoms with E-state index in [1.54, 1.807) is 11.3 Å². The fraction of sp³-hybridized carbons (Fsp3) is 0.364. The summed E-state index contributed by atoms with van der Waals surface area (Å²) in [6.07, 6.45) is 0. The van der Waals surface area contributed by atoms with E-state index in [4.69, 9.17) is 10.3 Å². The minimum atomic E-state index is 0.325. The number of anilines is 1. The Bertz CT molecular complexity index is 471. The van der Waals surface area contributed by atoms with E-state index < -0.39 is 0 Å². The van der Waals surface area contributed by atoms with Crippen LogP contribution in [0.25, 0.3) is 11.3 Å². The fourth-order valence-electron chi connectivity index (χ4n) is 1.67. The summed E-state index contributed by atoms with van der Waals surface area (Å²) in [4.78, 5) is 0. The summed E-state index contributed by atoms with van der Waals surface area (Å²) >= 11 is 1.67. The van der Waals surface area contributed by atoms with Gasteiger partial charge in [-0.2, -0.15) is 11.3 Å². The number of nitrogen functional groups attached to an aromatic ring is 1. The van der Waals surface area contributed by atoms with E-state index in [-0.39, 0.29) is 0 Å². The summed E-state index contributed by atoms with van der Waals surface area (Å²) in [5.41, 5.74) is 10.0. The minimum absolute atomic E-state index is 0.325. The topological polar surface area (TPSA) is 52.0 Å². The van der Waals surface area contributed by atoms with Crippen LogP contribution in [-0.2, 0) is 0 Å². The van der Waals surface area contributed by atoms with Crippen molar-refractivity contribution >= 4 is 17.2 Å². The first-order valence-electron chi connectivity index (χ1n) is 4.89. The van der Waals surface area contributed by atoms with E-state index in [0.717, 1.165) is 16.8 Å². The van der Waals surface area contributed by atoms with Crippen LogP contribution in [0.4, 0.5) is 5.88 Å². The smallest absolute Gasteiger partial charge is 0.226 e. The van der Waals surface area contributed by atoms with Gasteiger partial charge in [0.2, 0.25) is 5.88 Å². The van der Waals surface area contributed by atoms with Gasteiger partial charge in [0.1, 0.15) is 5.69 Å². The molecule has 4 heteroatoms. The molecule has 0 aliphatic carbocycles. The molecule has 0 atom stereocenters. The molecular formula is C11H14N2OS. The first-order chi connectivity index (χ1) is 7.11. The van der Waals surface area contributed by atoms with Crippen LogP contribution in [0.2, 0.25) is 0 Å². The lowest BCUT2D eigenvalue weighted by molar-refractivity contribution is 0.438. The zero-order valence-corrected chi connectivity index (χ0v) is 9.89. The number of rotatable bonds is 2. The molecule has 15 heavy (non-hydrogen) atoms. The van der Waals surface area contributed by atoms with Crippen LogP contribution < -0.4 is 5.73 Å². The van der Waals surface area contributed by atoms with Gasteiger partial charge in [0, 0.05) is 16.5 Å². The van der Waals surface area contributed by atoms with Gasteiger partial charge in [-0.15, -0.1) is 0 Å². The lowest BCUT2D eigenvalue weighted by Crippen LogP contribution is -1.94. The zero-order chi connectivity index (χ0) is 11.0. The summed E-state index contributed by atoms with van der Waals surface area (Å²) in [6.45, 7) is 6.25. The Labute approximate surface area is 92.9 Å². The molecule has 3 nitrogen and oxygen atoms in total. The lowest BCUT2D eigenvalue weighted by Gasteiger charge is -2.04. The number of thiophene rings is 1. The van der Waals surface area contributed by atoms with Crippen molar-refractivity contribution in [3.05, 3.63) is 21.9 Å². The van der Waals surface area contributed by atoms with E-state index in [2.05, 4.69) is 36.7 Å². The highest BCUT2D eigenvalue weighted by Gasteiger charge is 2.19. The van der Waals surface area contributed by atoms with Crippen LogP contribution in [0, 0.1) is 6.92 Å². The maximum absolute atomic E-state index is 5.77. The third-order valence-corrected chi connectivity index (χ3v) is 3.31.